The van der Waals surface area contributed by atoms with Crippen LogP contribution in [0.3, 0.4) is 0 Å². The lowest BCUT2D eigenvalue weighted by Gasteiger charge is -2.48. The van der Waals surface area contributed by atoms with Gasteiger partial charge in [-0.3, -0.25) is 4.79 Å². The van der Waals surface area contributed by atoms with E-state index in [4.69, 9.17) is 0 Å². The van der Waals surface area contributed by atoms with E-state index in [0.717, 1.165) is 19.3 Å². The van der Waals surface area contributed by atoms with Crippen LogP contribution >= 0.6 is 0 Å². The van der Waals surface area contributed by atoms with Gasteiger partial charge in [0.1, 0.15) is 5.78 Å². The maximum Gasteiger partial charge on any atom is 0.148 e. The minimum Gasteiger partial charge on any atom is -0.389 e. The normalized spacial score (nSPS) is 55.2. The van der Waals surface area contributed by atoms with Crippen LogP contribution in [0.5, 0.6) is 0 Å². The Hall–Kier alpha value is -0.410. The van der Waals surface area contributed by atoms with Crippen molar-refractivity contribution in [2.24, 2.45) is 28.6 Å². The highest BCUT2D eigenvalue weighted by molar-refractivity contribution is 5.91. The number of hydrogen-bond acceptors (Lipinski definition) is 3. The molecule has 3 rings (SSSR count). The third kappa shape index (κ3) is 1.67. The van der Waals surface area contributed by atoms with Gasteiger partial charge in [-0.2, -0.15) is 0 Å². The zero-order chi connectivity index (χ0) is 16.6. The minimum absolute atomic E-state index is 0.123. The Labute approximate surface area is 134 Å². The lowest BCUT2D eigenvalue weighted by Crippen LogP contribution is -2.56. The van der Waals surface area contributed by atoms with E-state index in [1.165, 1.54) is 0 Å². The Morgan fingerprint density at radius 3 is 2.23 bits per heavy atom. The summed E-state index contributed by atoms with van der Waals surface area (Å²) in [5, 5.41) is 22.2. The third-order valence-corrected chi connectivity index (χ3v) is 8.07. The molecule has 3 aliphatic rings. The van der Waals surface area contributed by atoms with E-state index >= 15 is 0 Å². The fourth-order valence-electron chi connectivity index (χ4n) is 6.51. The molecule has 3 fully saturated rings. The van der Waals surface area contributed by atoms with Gasteiger partial charge in [-0.25, -0.2) is 0 Å². The number of carbonyl (C=O) groups excluding carboxylic acids is 1. The second kappa shape index (κ2) is 4.57. The Morgan fingerprint density at radius 2 is 1.64 bits per heavy atom. The SMILES string of the molecule is CC(C)[C@H]1CC[C@]23C(=O)[C@@H](C)[C@@](C)(O)CC[C@]2(O)CC[C@]13C. The molecule has 1 spiro atoms. The zero-order valence-corrected chi connectivity index (χ0v) is 14.8. The summed E-state index contributed by atoms with van der Waals surface area (Å²) >= 11 is 0. The van der Waals surface area contributed by atoms with Crippen molar-refractivity contribution in [2.45, 2.75) is 84.3 Å². The van der Waals surface area contributed by atoms with Crippen molar-refractivity contribution < 1.29 is 15.0 Å². The molecule has 0 aromatic rings. The number of rotatable bonds is 1. The van der Waals surface area contributed by atoms with E-state index in [1.807, 2.05) is 6.92 Å². The molecule has 0 unspecified atom stereocenters. The van der Waals surface area contributed by atoms with Gasteiger partial charge in [0.05, 0.1) is 16.6 Å². The van der Waals surface area contributed by atoms with Gasteiger partial charge in [0.15, 0.2) is 0 Å². The second-order valence-corrected chi connectivity index (χ2v) is 9.19. The van der Waals surface area contributed by atoms with Crippen LogP contribution in [0, 0.1) is 28.6 Å². The summed E-state index contributed by atoms with van der Waals surface area (Å²) in [6.07, 6.45) is 4.53. The van der Waals surface area contributed by atoms with Crippen LogP contribution < -0.4 is 0 Å². The molecule has 3 heteroatoms. The summed E-state index contributed by atoms with van der Waals surface area (Å²) in [6, 6.07) is 0. The fraction of sp³-hybridized carbons (Fsp3) is 0.947. The first kappa shape index (κ1) is 16.4. The van der Waals surface area contributed by atoms with Gasteiger partial charge in [-0.15, -0.1) is 0 Å². The van der Waals surface area contributed by atoms with Crippen LogP contribution in [0.1, 0.15) is 73.1 Å². The largest absolute Gasteiger partial charge is 0.389 e. The molecule has 0 bridgehead atoms. The summed E-state index contributed by atoms with van der Waals surface area (Å²) in [5.74, 6) is 0.741. The van der Waals surface area contributed by atoms with E-state index in [0.29, 0.717) is 31.1 Å². The van der Waals surface area contributed by atoms with E-state index in [1.54, 1.807) is 6.92 Å². The quantitative estimate of drug-likeness (QED) is 0.781. The van der Waals surface area contributed by atoms with Crippen molar-refractivity contribution in [1.82, 2.24) is 0 Å². The molecule has 3 aliphatic carbocycles. The maximum absolute atomic E-state index is 13.5. The average molecular weight is 308 g/mol. The number of carbonyl (C=O) groups is 1. The summed E-state index contributed by atoms with van der Waals surface area (Å²) in [5.41, 5.74) is -2.68. The van der Waals surface area contributed by atoms with Crippen LogP contribution in [-0.4, -0.2) is 27.2 Å². The molecule has 3 nitrogen and oxygen atoms in total. The molecule has 3 saturated carbocycles. The molecule has 6 atom stereocenters. The third-order valence-electron chi connectivity index (χ3n) is 8.07. The minimum atomic E-state index is -0.997. The second-order valence-electron chi connectivity index (χ2n) is 9.19. The van der Waals surface area contributed by atoms with Gasteiger partial charge in [0.25, 0.3) is 0 Å². The lowest BCUT2D eigenvalue weighted by molar-refractivity contribution is -0.159. The summed E-state index contributed by atoms with van der Waals surface area (Å²) < 4.78 is 0. The van der Waals surface area contributed by atoms with Crippen molar-refractivity contribution in [2.75, 3.05) is 0 Å². The predicted molar refractivity (Wildman–Crippen MR) is 86.3 cm³/mol. The van der Waals surface area contributed by atoms with Gasteiger partial charge >= 0.3 is 0 Å². The first-order chi connectivity index (χ1) is 10.0. The Morgan fingerprint density at radius 1 is 1.05 bits per heavy atom. The van der Waals surface area contributed by atoms with Crippen molar-refractivity contribution in [3.63, 3.8) is 0 Å². The summed E-state index contributed by atoms with van der Waals surface area (Å²) in [4.78, 5) is 13.5. The maximum atomic E-state index is 13.5. The molecule has 126 valence electrons. The average Bonchev–Trinajstić information content (AvgIpc) is 2.84. The van der Waals surface area contributed by atoms with Gasteiger partial charge in [0, 0.05) is 5.92 Å². The van der Waals surface area contributed by atoms with Crippen LogP contribution in [0.4, 0.5) is 0 Å². The van der Waals surface area contributed by atoms with Crippen LogP contribution in [0.15, 0.2) is 0 Å². The standard InChI is InChI=1S/C19H32O3/c1-12(2)14-6-7-19-15(20)13(3)17(5,21)9-11-18(19,22)10-8-16(14,19)4/h12-14,21-22H,6-11H2,1-5H3/t13-,14-,16-,17+,18-,19-/m1/s1. The molecule has 22 heavy (non-hydrogen) atoms. The Bertz CT molecular complexity index is 497. The fourth-order valence-corrected chi connectivity index (χ4v) is 6.51. The van der Waals surface area contributed by atoms with Crippen LogP contribution in [0.2, 0.25) is 0 Å². The molecule has 0 aromatic carbocycles. The lowest BCUT2D eigenvalue weighted by atomic mass is 9.56. The molecule has 0 aromatic heterocycles. The number of aliphatic hydroxyl groups is 2. The molecule has 0 radical (unpaired) electrons. The van der Waals surface area contributed by atoms with Gasteiger partial charge < -0.3 is 10.2 Å². The first-order valence-corrected chi connectivity index (χ1v) is 9.01. The van der Waals surface area contributed by atoms with Crippen LogP contribution in [0.25, 0.3) is 0 Å². The number of hydrogen-bond donors (Lipinski definition) is 2. The predicted octanol–water partition coefficient (Wildman–Crippen LogP) is 3.32. The molecule has 0 saturated heterocycles. The molecule has 0 aliphatic heterocycles. The number of ketones is 1. The van der Waals surface area contributed by atoms with Gasteiger partial charge in [-0.1, -0.05) is 27.7 Å². The van der Waals surface area contributed by atoms with E-state index in [2.05, 4.69) is 20.8 Å². The van der Waals surface area contributed by atoms with E-state index in [-0.39, 0.29) is 11.2 Å². The monoisotopic (exact) mass is 308 g/mol. The van der Waals surface area contributed by atoms with Crippen molar-refractivity contribution in [3.8, 4) is 0 Å². The molecular formula is C19H32O3. The highest BCUT2D eigenvalue weighted by Gasteiger charge is 2.75. The van der Waals surface area contributed by atoms with Crippen molar-refractivity contribution >= 4 is 5.78 Å². The van der Waals surface area contributed by atoms with Crippen molar-refractivity contribution in [3.05, 3.63) is 0 Å². The first-order valence-electron chi connectivity index (χ1n) is 9.01. The van der Waals surface area contributed by atoms with Gasteiger partial charge in [-0.05, 0) is 62.7 Å². The molecular weight excluding hydrogens is 276 g/mol. The van der Waals surface area contributed by atoms with E-state index in [9.17, 15) is 15.0 Å². The summed E-state index contributed by atoms with van der Waals surface area (Å²) in [7, 11) is 0. The topological polar surface area (TPSA) is 57.5 Å². The number of Topliss-reactive ketones (excluding diaryl/α,β-unsaturated/α-hetero) is 1. The highest BCUT2D eigenvalue weighted by atomic mass is 16.3. The Kier molecular flexibility index (Phi) is 3.42. The Balaban J connectivity index is 2.16. The summed E-state index contributed by atoms with van der Waals surface area (Å²) in [6.45, 7) is 10.4. The smallest absolute Gasteiger partial charge is 0.148 e. The molecule has 0 amide bonds. The molecule has 2 N–H and O–H groups in total. The van der Waals surface area contributed by atoms with Gasteiger partial charge in [0.2, 0.25) is 0 Å². The highest BCUT2D eigenvalue weighted by Crippen LogP contribution is 2.73. The molecule has 0 heterocycles. The van der Waals surface area contributed by atoms with E-state index < -0.39 is 22.5 Å². The zero-order valence-electron chi connectivity index (χ0n) is 14.8. The van der Waals surface area contributed by atoms with Crippen molar-refractivity contribution in [1.29, 1.82) is 0 Å². The van der Waals surface area contributed by atoms with Crippen LogP contribution in [-0.2, 0) is 4.79 Å².